The number of para-hydroxylation sites is 2. The van der Waals surface area contributed by atoms with Crippen molar-refractivity contribution >= 4 is 39.2 Å². The molecule has 28 heavy (non-hydrogen) atoms. The van der Waals surface area contributed by atoms with Crippen molar-refractivity contribution in [2.45, 2.75) is 23.5 Å². The number of hydrogen-bond acceptors (Lipinski definition) is 5. The second kappa shape index (κ2) is 6.49. The van der Waals surface area contributed by atoms with Crippen molar-refractivity contribution in [3.05, 3.63) is 66.0 Å². The summed E-state index contributed by atoms with van der Waals surface area (Å²) < 4.78 is 28.5. The molecule has 5 aromatic rings. The van der Waals surface area contributed by atoms with Crippen LogP contribution in [-0.4, -0.2) is 24.6 Å². The summed E-state index contributed by atoms with van der Waals surface area (Å²) in [6.07, 6.45) is -2.75. The third-order valence-electron chi connectivity index (χ3n) is 4.54. The van der Waals surface area contributed by atoms with Gasteiger partial charge in [0.1, 0.15) is 5.03 Å². The average Bonchev–Trinajstić information content (AvgIpc) is 3.10. The van der Waals surface area contributed by atoms with Gasteiger partial charge in [-0.25, -0.2) is 18.7 Å². The molecule has 2 aromatic carbocycles. The van der Waals surface area contributed by atoms with Crippen molar-refractivity contribution in [1.82, 2.24) is 24.6 Å². The van der Waals surface area contributed by atoms with Gasteiger partial charge in [0, 0.05) is 10.8 Å². The zero-order chi connectivity index (χ0) is 19.3. The maximum atomic E-state index is 13.3. The van der Waals surface area contributed by atoms with Crippen molar-refractivity contribution in [1.29, 1.82) is 0 Å². The number of halogens is 2. The van der Waals surface area contributed by atoms with Gasteiger partial charge in [0.25, 0.3) is 6.43 Å². The van der Waals surface area contributed by atoms with Crippen LogP contribution in [0.1, 0.15) is 17.8 Å². The minimum Gasteiger partial charge on any atom is -0.270 e. The molecule has 0 N–H and O–H groups in total. The van der Waals surface area contributed by atoms with E-state index in [4.69, 9.17) is 0 Å². The van der Waals surface area contributed by atoms with Gasteiger partial charge in [0.05, 0.1) is 11.0 Å². The second-order valence-electron chi connectivity index (χ2n) is 6.33. The molecule has 3 heterocycles. The summed E-state index contributed by atoms with van der Waals surface area (Å²) in [5, 5.41) is 11.3. The van der Waals surface area contributed by atoms with Crippen LogP contribution in [0.5, 0.6) is 0 Å². The van der Waals surface area contributed by atoms with E-state index >= 15 is 0 Å². The maximum absolute atomic E-state index is 13.3. The first-order valence-corrected chi connectivity index (χ1v) is 9.39. The molecule has 0 aliphatic heterocycles. The first-order chi connectivity index (χ1) is 13.6. The molecule has 0 aliphatic carbocycles. The van der Waals surface area contributed by atoms with Crippen molar-refractivity contribution in [2.75, 3.05) is 0 Å². The molecule has 3 aromatic heterocycles. The van der Waals surface area contributed by atoms with E-state index in [-0.39, 0.29) is 0 Å². The number of alkyl halides is 2. The Labute approximate surface area is 162 Å². The number of nitrogens with zero attached hydrogens (tertiary/aromatic N) is 5. The highest BCUT2D eigenvalue weighted by atomic mass is 32.2. The summed E-state index contributed by atoms with van der Waals surface area (Å²) in [6.45, 7) is 2.02. The Morgan fingerprint density at radius 3 is 2.50 bits per heavy atom. The van der Waals surface area contributed by atoms with Crippen LogP contribution in [0, 0.1) is 6.92 Å². The molecule has 8 heteroatoms. The molecule has 0 bridgehead atoms. The molecule has 0 amide bonds. The van der Waals surface area contributed by atoms with Gasteiger partial charge >= 0.3 is 0 Å². The van der Waals surface area contributed by atoms with Crippen LogP contribution in [0.3, 0.4) is 0 Å². The predicted octanol–water partition coefficient (Wildman–Crippen LogP) is 5.22. The Kier molecular flexibility index (Phi) is 3.94. The second-order valence-corrected chi connectivity index (χ2v) is 7.28. The van der Waals surface area contributed by atoms with Crippen molar-refractivity contribution in [2.24, 2.45) is 0 Å². The van der Waals surface area contributed by atoms with Crippen molar-refractivity contribution in [3.8, 4) is 0 Å². The van der Waals surface area contributed by atoms with E-state index in [0.29, 0.717) is 26.7 Å². The standard InChI is InChI=1S/C20H13F2N5S/c1-11-10-16-25-26-20(27(16)15-9-5-3-6-12(11)15)28-19-13-7-2-4-8-14(13)23-18(24-19)17(21)22/h2-10,17H,1H3. The van der Waals surface area contributed by atoms with E-state index in [9.17, 15) is 8.78 Å². The first kappa shape index (κ1) is 17.0. The van der Waals surface area contributed by atoms with Crippen LogP contribution in [-0.2, 0) is 0 Å². The SMILES string of the molecule is Cc1cc2nnc(Sc3nc(C(F)F)nc4ccccc34)n2c2ccccc12. The van der Waals surface area contributed by atoms with Crippen LogP contribution < -0.4 is 0 Å². The molecule has 0 radical (unpaired) electrons. The van der Waals surface area contributed by atoms with Crippen LogP contribution in [0.15, 0.2) is 64.8 Å². The zero-order valence-electron chi connectivity index (χ0n) is 14.7. The van der Waals surface area contributed by atoms with E-state index in [0.717, 1.165) is 16.5 Å². The Bertz CT molecular complexity index is 1350. The van der Waals surface area contributed by atoms with Crippen LogP contribution in [0.4, 0.5) is 8.78 Å². The maximum Gasteiger partial charge on any atom is 0.297 e. The minimum atomic E-state index is -2.75. The monoisotopic (exact) mass is 393 g/mol. The first-order valence-electron chi connectivity index (χ1n) is 8.58. The predicted molar refractivity (Wildman–Crippen MR) is 104 cm³/mol. The van der Waals surface area contributed by atoms with E-state index < -0.39 is 12.2 Å². The largest absolute Gasteiger partial charge is 0.297 e. The summed E-state index contributed by atoms with van der Waals surface area (Å²) in [6, 6.07) is 17.0. The van der Waals surface area contributed by atoms with Crippen molar-refractivity contribution < 1.29 is 8.78 Å². The smallest absolute Gasteiger partial charge is 0.270 e. The van der Waals surface area contributed by atoms with Gasteiger partial charge in [-0.2, -0.15) is 0 Å². The molecule has 0 saturated heterocycles. The highest BCUT2D eigenvalue weighted by Gasteiger charge is 2.18. The van der Waals surface area contributed by atoms with E-state index in [1.54, 1.807) is 12.1 Å². The molecule has 0 aliphatic rings. The molecular weight excluding hydrogens is 380 g/mol. The average molecular weight is 393 g/mol. The molecule has 0 unspecified atom stereocenters. The number of benzene rings is 2. The number of hydrogen-bond donors (Lipinski definition) is 0. The summed E-state index contributed by atoms with van der Waals surface area (Å²) in [7, 11) is 0. The molecule has 0 saturated carbocycles. The molecule has 138 valence electrons. The molecule has 5 nitrogen and oxygen atoms in total. The summed E-state index contributed by atoms with van der Waals surface area (Å²) in [5.41, 5.74) is 3.23. The van der Waals surface area contributed by atoms with Crippen LogP contribution >= 0.6 is 11.8 Å². The fourth-order valence-corrected chi connectivity index (χ4v) is 4.23. The Morgan fingerprint density at radius 2 is 1.68 bits per heavy atom. The molecule has 0 atom stereocenters. The number of pyridine rings is 1. The van der Waals surface area contributed by atoms with Gasteiger partial charge in [-0.15, -0.1) is 10.2 Å². The number of aromatic nitrogens is 5. The van der Waals surface area contributed by atoms with Crippen LogP contribution in [0.25, 0.3) is 27.5 Å². The van der Waals surface area contributed by atoms with Gasteiger partial charge in [0.15, 0.2) is 11.5 Å². The lowest BCUT2D eigenvalue weighted by atomic mass is 10.1. The molecule has 0 spiro atoms. The quantitative estimate of drug-likeness (QED) is 0.393. The van der Waals surface area contributed by atoms with Crippen LogP contribution in [0.2, 0.25) is 0 Å². The lowest BCUT2D eigenvalue weighted by molar-refractivity contribution is 0.140. The molecule has 0 fully saturated rings. The van der Waals surface area contributed by atoms with Gasteiger partial charge < -0.3 is 0 Å². The molecular formula is C20H13F2N5S. The highest BCUT2D eigenvalue weighted by Crippen LogP contribution is 2.34. The third-order valence-corrected chi connectivity index (χ3v) is 5.49. The topological polar surface area (TPSA) is 56.0 Å². The third kappa shape index (κ3) is 2.68. The summed E-state index contributed by atoms with van der Waals surface area (Å²) in [5.74, 6) is -0.490. The summed E-state index contributed by atoms with van der Waals surface area (Å²) >= 11 is 1.21. The normalized spacial score (nSPS) is 11.9. The van der Waals surface area contributed by atoms with Gasteiger partial charge in [-0.1, -0.05) is 36.4 Å². The summed E-state index contributed by atoms with van der Waals surface area (Å²) in [4.78, 5) is 8.07. The lowest BCUT2D eigenvalue weighted by Gasteiger charge is -2.09. The van der Waals surface area contributed by atoms with Gasteiger partial charge in [-0.05, 0) is 42.4 Å². The van der Waals surface area contributed by atoms with Gasteiger partial charge in [-0.3, -0.25) is 4.40 Å². The van der Waals surface area contributed by atoms with Crippen molar-refractivity contribution in [3.63, 3.8) is 0 Å². The lowest BCUT2D eigenvalue weighted by Crippen LogP contribution is -1.99. The highest BCUT2D eigenvalue weighted by molar-refractivity contribution is 7.99. The van der Waals surface area contributed by atoms with Gasteiger partial charge in [0.2, 0.25) is 5.16 Å². The Balaban J connectivity index is 1.74. The zero-order valence-corrected chi connectivity index (χ0v) is 15.5. The number of rotatable bonds is 3. The fraction of sp³-hybridized carbons (Fsp3) is 0.100. The number of fused-ring (bicyclic) bond motifs is 4. The van der Waals surface area contributed by atoms with E-state index in [2.05, 4.69) is 20.2 Å². The fourth-order valence-electron chi connectivity index (χ4n) is 3.27. The minimum absolute atomic E-state index is 0.430. The Hall–Kier alpha value is -3.13. The number of aryl methyl sites for hydroxylation is 1. The molecule has 5 rings (SSSR count). The van der Waals surface area contributed by atoms with E-state index in [1.807, 2.05) is 53.8 Å². The Morgan fingerprint density at radius 1 is 0.929 bits per heavy atom. The van der Waals surface area contributed by atoms with E-state index in [1.165, 1.54) is 11.8 Å².